The Labute approximate surface area is 103 Å². The van der Waals surface area contributed by atoms with Gasteiger partial charge in [0.25, 0.3) is 0 Å². The fourth-order valence-corrected chi connectivity index (χ4v) is 1.48. The zero-order valence-electron chi connectivity index (χ0n) is 9.72. The standard InChI is InChI=1S/C11H13N3O4/c1-18-8-2-3-9(7(4-8)6-15)11(17)10(16)5-13-14-12/h2-4,6,10-11,16-17H,5H2,1H3. The third-order valence-corrected chi connectivity index (χ3v) is 2.44. The van der Waals surface area contributed by atoms with Crippen LogP contribution in [-0.2, 0) is 0 Å². The fraction of sp³-hybridized carbons (Fsp3) is 0.364. The number of hydrogen-bond donors (Lipinski definition) is 2. The topological polar surface area (TPSA) is 116 Å². The lowest BCUT2D eigenvalue weighted by Crippen LogP contribution is -2.22. The van der Waals surface area contributed by atoms with Crippen molar-refractivity contribution in [2.75, 3.05) is 13.7 Å². The molecule has 7 heteroatoms. The SMILES string of the molecule is COc1ccc(C(O)C(O)CN=[N+]=[N-])c(C=O)c1. The average molecular weight is 251 g/mol. The number of aliphatic hydroxyl groups is 2. The highest BCUT2D eigenvalue weighted by molar-refractivity contribution is 5.78. The number of carbonyl (C=O) groups excluding carboxylic acids is 1. The van der Waals surface area contributed by atoms with Crippen LogP contribution in [0.15, 0.2) is 23.3 Å². The van der Waals surface area contributed by atoms with Gasteiger partial charge >= 0.3 is 0 Å². The molecule has 2 N–H and O–H groups in total. The molecule has 96 valence electrons. The first-order chi connectivity index (χ1) is 8.63. The summed E-state index contributed by atoms with van der Waals surface area (Å²) in [5.41, 5.74) is 8.60. The van der Waals surface area contributed by atoms with Gasteiger partial charge in [0.05, 0.1) is 19.8 Å². The van der Waals surface area contributed by atoms with Gasteiger partial charge in [0, 0.05) is 10.5 Å². The molecule has 18 heavy (non-hydrogen) atoms. The predicted molar refractivity (Wildman–Crippen MR) is 63.4 cm³/mol. The van der Waals surface area contributed by atoms with Crippen molar-refractivity contribution in [3.8, 4) is 5.75 Å². The molecule has 0 radical (unpaired) electrons. The van der Waals surface area contributed by atoms with Crippen molar-refractivity contribution < 1.29 is 19.7 Å². The van der Waals surface area contributed by atoms with E-state index >= 15 is 0 Å². The lowest BCUT2D eigenvalue weighted by Gasteiger charge is -2.18. The van der Waals surface area contributed by atoms with Crippen molar-refractivity contribution >= 4 is 6.29 Å². The summed E-state index contributed by atoms with van der Waals surface area (Å²) >= 11 is 0. The molecule has 1 rings (SSSR count). The largest absolute Gasteiger partial charge is 0.497 e. The maximum atomic E-state index is 10.9. The normalized spacial score (nSPS) is 13.3. The summed E-state index contributed by atoms with van der Waals surface area (Å²) in [6, 6.07) is 4.49. The third-order valence-electron chi connectivity index (χ3n) is 2.44. The van der Waals surface area contributed by atoms with Gasteiger partial charge in [0.1, 0.15) is 11.9 Å². The highest BCUT2D eigenvalue weighted by atomic mass is 16.5. The van der Waals surface area contributed by atoms with E-state index in [0.29, 0.717) is 12.0 Å². The van der Waals surface area contributed by atoms with Crippen LogP contribution in [0.25, 0.3) is 10.4 Å². The zero-order valence-corrected chi connectivity index (χ0v) is 9.72. The van der Waals surface area contributed by atoms with E-state index in [4.69, 9.17) is 10.3 Å². The number of aliphatic hydroxyl groups excluding tert-OH is 2. The molecule has 0 saturated carbocycles. The van der Waals surface area contributed by atoms with Gasteiger partial charge < -0.3 is 14.9 Å². The lowest BCUT2D eigenvalue weighted by atomic mass is 9.99. The Kier molecular flexibility index (Phi) is 5.13. The molecule has 0 saturated heterocycles. The molecule has 0 aliphatic rings. The zero-order chi connectivity index (χ0) is 13.5. The third kappa shape index (κ3) is 3.21. The van der Waals surface area contributed by atoms with Gasteiger partial charge in [-0.3, -0.25) is 4.79 Å². The molecule has 0 amide bonds. The first kappa shape index (κ1) is 14.0. The van der Waals surface area contributed by atoms with Crippen LogP contribution in [0, 0.1) is 0 Å². The minimum Gasteiger partial charge on any atom is -0.497 e. The van der Waals surface area contributed by atoms with Gasteiger partial charge in [-0.2, -0.15) is 0 Å². The van der Waals surface area contributed by atoms with E-state index in [9.17, 15) is 15.0 Å². The molecular weight excluding hydrogens is 238 g/mol. The predicted octanol–water partition coefficient (Wildman–Crippen LogP) is 1.21. The molecule has 0 aliphatic heterocycles. The van der Waals surface area contributed by atoms with Crippen molar-refractivity contribution in [1.29, 1.82) is 0 Å². The van der Waals surface area contributed by atoms with E-state index in [1.54, 1.807) is 6.07 Å². The summed E-state index contributed by atoms with van der Waals surface area (Å²) in [5, 5.41) is 22.6. The highest BCUT2D eigenvalue weighted by Crippen LogP contribution is 2.24. The van der Waals surface area contributed by atoms with Gasteiger partial charge in [-0.05, 0) is 23.2 Å². The second-order valence-electron chi connectivity index (χ2n) is 3.54. The van der Waals surface area contributed by atoms with Crippen LogP contribution in [-0.4, -0.2) is 36.3 Å². The molecule has 0 aliphatic carbocycles. The van der Waals surface area contributed by atoms with Crippen LogP contribution in [0.4, 0.5) is 0 Å². The van der Waals surface area contributed by atoms with Crippen LogP contribution in [0.2, 0.25) is 0 Å². The molecule has 7 nitrogen and oxygen atoms in total. The molecule has 0 aromatic heterocycles. The number of ether oxygens (including phenoxy) is 1. The molecular formula is C11H13N3O4. The molecule has 0 heterocycles. The highest BCUT2D eigenvalue weighted by Gasteiger charge is 2.20. The van der Waals surface area contributed by atoms with Crippen molar-refractivity contribution in [3.63, 3.8) is 0 Å². The summed E-state index contributed by atoms with van der Waals surface area (Å²) in [7, 11) is 1.45. The number of methoxy groups -OCH3 is 1. The Bertz CT molecular complexity index is 471. The number of hydrogen-bond acceptors (Lipinski definition) is 5. The van der Waals surface area contributed by atoms with E-state index in [1.807, 2.05) is 0 Å². The maximum absolute atomic E-state index is 10.9. The van der Waals surface area contributed by atoms with Gasteiger partial charge in [-0.15, -0.1) is 0 Å². The van der Waals surface area contributed by atoms with Crippen LogP contribution >= 0.6 is 0 Å². The number of rotatable bonds is 6. The second kappa shape index (κ2) is 6.61. The summed E-state index contributed by atoms with van der Waals surface area (Å²) in [6.07, 6.45) is -2.02. The Morgan fingerprint density at radius 2 is 2.28 bits per heavy atom. The summed E-state index contributed by atoms with van der Waals surface area (Å²) in [4.78, 5) is 13.4. The molecule has 2 unspecified atom stereocenters. The second-order valence-corrected chi connectivity index (χ2v) is 3.54. The molecule has 0 fully saturated rings. The van der Waals surface area contributed by atoms with Gasteiger partial charge in [-0.25, -0.2) is 0 Å². The number of azide groups is 1. The van der Waals surface area contributed by atoms with E-state index in [1.165, 1.54) is 19.2 Å². The van der Waals surface area contributed by atoms with Crippen LogP contribution in [0.3, 0.4) is 0 Å². The minimum atomic E-state index is -1.30. The Morgan fingerprint density at radius 3 is 2.83 bits per heavy atom. The van der Waals surface area contributed by atoms with Crippen LogP contribution in [0.1, 0.15) is 22.0 Å². The minimum absolute atomic E-state index is 0.210. The Morgan fingerprint density at radius 1 is 1.56 bits per heavy atom. The van der Waals surface area contributed by atoms with Crippen molar-refractivity contribution in [3.05, 3.63) is 39.8 Å². The van der Waals surface area contributed by atoms with Gasteiger partial charge in [0.2, 0.25) is 0 Å². The molecule has 1 aromatic rings. The molecule has 2 atom stereocenters. The van der Waals surface area contributed by atoms with Gasteiger partial charge in [0.15, 0.2) is 6.29 Å². The van der Waals surface area contributed by atoms with Crippen molar-refractivity contribution in [2.45, 2.75) is 12.2 Å². The number of nitrogens with zero attached hydrogens (tertiary/aromatic N) is 3. The Hall–Kier alpha value is -2.08. The van der Waals surface area contributed by atoms with E-state index in [-0.39, 0.29) is 17.7 Å². The van der Waals surface area contributed by atoms with E-state index < -0.39 is 12.2 Å². The molecule has 0 spiro atoms. The first-order valence-electron chi connectivity index (χ1n) is 5.14. The van der Waals surface area contributed by atoms with Crippen LogP contribution in [0.5, 0.6) is 5.75 Å². The van der Waals surface area contributed by atoms with Crippen molar-refractivity contribution in [2.24, 2.45) is 5.11 Å². The Balaban J connectivity index is 3.00. The van der Waals surface area contributed by atoms with E-state index in [0.717, 1.165) is 0 Å². The summed E-state index contributed by atoms with van der Waals surface area (Å²) < 4.78 is 4.95. The summed E-state index contributed by atoms with van der Waals surface area (Å²) in [5.74, 6) is 0.470. The smallest absolute Gasteiger partial charge is 0.150 e. The average Bonchev–Trinajstić information content (AvgIpc) is 2.43. The maximum Gasteiger partial charge on any atom is 0.150 e. The quantitative estimate of drug-likeness (QED) is 0.342. The first-order valence-corrected chi connectivity index (χ1v) is 5.14. The molecule has 0 bridgehead atoms. The van der Waals surface area contributed by atoms with Gasteiger partial charge in [-0.1, -0.05) is 11.2 Å². The van der Waals surface area contributed by atoms with Crippen LogP contribution < -0.4 is 4.74 Å². The lowest BCUT2D eigenvalue weighted by molar-refractivity contribution is 0.0240. The summed E-state index contributed by atoms with van der Waals surface area (Å²) in [6.45, 7) is -0.276. The number of aldehydes is 1. The van der Waals surface area contributed by atoms with E-state index in [2.05, 4.69) is 10.0 Å². The van der Waals surface area contributed by atoms with Crippen molar-refractivity contribution in [1.82, 2.24) is 0 Å². The molecule has 1 aromatic carbocycles. The fourth-order valence-electron chi connectivity index (χ4n) is 1.48. The number of benzene rings is 1. The monoisotopic (exact) mass is 251 g/mol. The number of carbonyl (C=O) groups is 1.